The van der Waals surface area contributed by atoms with Crippen LogP contribution in [0.15, 0.2) is 30.3 Å². The van der Waals surface area contributed by atoms with Crippen LogP contribution in [-0.2, 0) is 14.3 Å². The van der Waals surface area contributed by atoms with Crippen molar-refractivity contribution in [2.24, 2.45) is 0 Å². The summed E-state index contributed by atoms with van der Waals surface area (Å²) in [4.78, 5) is 22.7. The zero-order valence-electron chi connectivity index (χ0n) is 8.93. The van der Waals surface area contributed by atoms with Crippen molar-refractivity contribution in [3.8, 4) is 0 Å². The molecule has 16 heavy (non-hydrogen) atoms. The summed E-state index contributed by atoms with van der Waals surface area (Å²) < 4.78 is 10.0. The average Bonchev–Trinajstić information content (AvgIpc) is 3.08. The van der Waals surface area contributed by atoms with Gasteiger partial charge in [0.1, 0.15) is 6.61 Å². The number of ketones is 1. The molecule has 0 spiro atoms. The maximum Gasteiger partial charge on any atom is 0.338 e. The third kappa shape index (κ3) is 2.12. The number of hydrogen-bond donors (Lipinski definition) is 0. The van der Waals surface area contributed by atoms with E-state index in [9.17, 15) is 9.59 Å². The van der Waals surface area contributed by atoms with E-state index in [1.165, 1.54) is 6.92 Å². The van der Waals surface area contributed by atoms with E-state index in [0.717, 1.165) is 0 Å². The molecule has 1 aliphatic rings. The van der Waals surface area contributed by atoms with Crippen LogP contribution in [-0.4, -0.2) is 30.6 Å². The highest BCUT2D eigenvalue weighted by Gasteiger charge is 2.51. The third-order valence-electron chi connectivity index (χ3n) is 2.58. The Morgan fingerprint density at radius 2 is 2.00 bits per heavy atom. The van der Waals surface area contributed by atoms with Crippen LogP contribution >= 0.6 is 0 Å². The van der Waals surface area contributed by atoms with Gasteiger partial charge in [-0.15, -0.1) is 0 Å². The van der Waals surface area contributed by atoms with Crippen molar-refractivity contribution < 1.29 is 19.1 Å². The molecule has 0 amide bonds. The van der Waals surface area contributed by atoms with Gasteiger partial charge in [-0.2, -0.15) is 0 Å². The molecule has 1 fully saturated rings. The summed E-state index contributed by atoms with van der Waals surface area (Å²) in [5, 5.41) is 0. The summed E-state index contributed by atoms with van der Waals surface area (Å²) in [6.45, 7) is 1.77. The van der Waals surface area contributed by atoms with E-state index in [1.807, 2.05) is 6.07 Å². The normalized spacial score (nSPS) is 22.6. The number of benzene rings is 1. The zero-order valence-corrected chi connectivity index (χ0v) is 8.93. The van der Waals surface area contributed by atoms with Crippen LogP contribution in [0, 0.1) is 0 Å². The number of ether oxygens (including phenoxy) is 2. The standard InChI is InChI=1S/C12H12O4/c1-9(13)12(8-16-12)7-15-11(14)10-5-3-2-4-6-10/h2-6H,7-8H2,1H3. The minimum absolute atomic E-state index is 0.00391. The highest BCUT2D eigenvalue weighted by Crippen LogP contribution is 2.28. The van der Waals surface area contributed by atoms with Gasteiger partial charge in [-0.3, -0.25) is 4.79 Å². The fourth-order valence-corrected chi connectivity index (χ4v) is 1.32. The molecule has 1 unspecified atom stereocenters. The molecular formula is C12H12O4. The van der Waals surface area contributed by atoms with Gasteiger partial charge in [0.2, 0.25) is 0 Å². The fraction of sp³-hybridized carbons (Fsp3) is 0.333. The summed E-state index contributed by atoms with van der Waals surface area (Å²) in [5.41, 5.74) is -0.397. The van der Waals surface area contributed by atoms with Gasteiger partial charge in [0.05, 0.1) is 12.2 Å². The SMILES string of the molecule is CC(=O)C1(COC(=O)c2ccccc2)CO1. The predicted octanol–water partition coefficient (Wildman–Crippen LogP) is 1.20. The second kappa shape index (κ2) is 4.06. The Hall–Kier alpha value is -1.68. The molecule has 1 aromatic rings. The molecule has 0 aliphatic carbocycles. The van der Waals surface area contributed by atoms with Crippen molar-refractivity contribution >= 4 is 11.8 Å². The van der Waals surface area contributed by atoms with Crippen LogP contribution in [0.5, 0.6) is 0 Å². The summed E-state index contributed by atoms with van der Waals surface area (Å²) in [5.74, 6) is -0.537. The number of hydrogen-bond acceptors (Lipinski definition) is 4. The molecule has 0 aromatic heterocycles. The summed E-state index contributed by atoms with van der Waals surface area (Å²) in [7, 11) is 0. The highest BCUT2D eigenvalue weighted by molar-refractivity contribution is 5.91. The molecule has 4 nitrogen and oxygen atoms in total. The van der Waals surface area contributed by atoms with Gasteiger partial charge < -0.3 is 9.47 Å². The van der Waals surface area contributed by atoms with E-state index in [0.29, 0.717) is 12.2 Å². The number of carbonyl (C=O) groups excluding carboxylic acids is 2. The lowest BCUT2D eigenvalue weighted by Crippen LogP contribution is -2.29. The first-order valence-electron chi connectivity index (χ1n) is 5.01. The molecule has 1 saturated heterocycles. The molecule has 1 atom stereocenters. The van der Waals surface area contributed by atoms with Gasteiger partial charge in [0.15, 0.2) is 11.4 Å². The molecular weight excluding hydrogens is 208 g/mol. The van der Waals surface area contributed by atoms with E-state index in [1.54, 1.807) is 24.3 Å². The molecule has 0 bridgehead atoms. The number of epoxide rings is 1. The summed E-state index contributed by atoms with van der Waals surface area (Å²) >= 11 is 0. The van der Waals surface area contributed by atoms with Crippen LogP contribution in [0.25, 0.3) is 0 Å². The van der Waals surface area contributed by atoms with Gasteiger partial charge in [-0.1, -0.05) is 18.2 Å². The van der Waals surface area contributed by atoms with Gasteiger partial charge in [0.25, 0.3) is 0 Å². The second-order valence-corrected chi connectivity index (χ2v) is 3.78. The van der Waals surface area contributed by atoms with E-state index in [2.05, 4.69) is 0 Å². The Balaban J connectivity index is 1.92. The van der Waals surface area contributed by atoms with Crippen LogP contribution in [0.2, 0.25) is 0 Å². The quantitative estimate of drug-likeness (QED) is 0.565. The number of Topliss-reactive ketones (excluding diaryl/α,β-unsaturated/α-hetero) is 1. The van der Waals surface area contributed by atoms with Gasteiger partial charge in [-0.25, -0.2) is 4.79 Å². The van der Waals surface area contributed by atoms with Crippen LogP contribution in [0.4, 0.5) is 0 Å². The monoisotopic (exact) mass is 220 g/mol. The van der Waals surface area contributed by atoms with Crippen molar-refractivity contribution in [2.75, 3.05) is 13.2 Å². The Labute approximate surface area is 93.2 Å². The maximum atomic E-state index is 11.6. The van der Waals surface area contributed by atoms with Crippen molar-refractivity contribution in [3.05, 3.63) is 35.9 Å². The summed E-state index contributed by atoms with van der Waals surface area (Å²) in [6, 6.07) is 8.65. The Morgan fingerprint density at radius 3 is 2.50 bits per heavy atom. The topological polar surface area (TPSA) is 55.9 Å². The highest BCUT2D eigenvalue weighted by atomic mass is 16.6. The molecule has 4 heteroatoms. The number of esters is 1. The fourth-order valence-electron chi connectivity index (χ4n) is 1.32. The van der Waals surface area contributed by atoms with E-state index >= 15 is 0 Å². The van der Waals surface area contributed by atoms with Gasteiger partial charge in [-0.05, 0) is 19.1 Å². The first-order valence-corrected chi connectivity index (χ1v) is 5.01. The molecule has 0 saturated carbocycles. The molecule has 1 heterocycles. The lowest BCUT2D eigenvalue weighted by molar-refractivity contribution is -0.123. The van der Waals surface area contributed by atoms with Crippen LogP contribution in [0.1, 0.15) is 17.3 Å². The maximum absolute atomic E-state index is 11.6. The number of carbonyl (C=O) groups is 2. The van der Waals surface area contributed by atoms with Crippen molar-refractivity contribution in [2.45, 2.75) is 12.5 Å². The lowest BCUT2D eigenvalue weighted by Gasteiger charge is -2.08. The molecule has 2 rings (SSSR count). The first kappa shape index (κ1) is 10.8. The van der Waals surface area contributed by atoms with Crippen molar-refractivity contribution in [1.29, 1.82) is 0 Å². The Kier molecular flexibility index (Phi) is 2.75. The van der Waals surface area contributed by atoms with E-state index < -0.39 is 11.6 Å². The smallest absolute Gasteiger partial charge is 0.338 e. The lowest BCUT2D eigenvalue weighted by atomic mass is 10.1. The predicted molar refractivity (Wildman–Crippen MR) is 56.1 cm³/mol. The Morgan fingerprint density at radius 1 is 1.38 bits per heavy atom. The molecule has 1 aromatic carbocycles. The third-order valence-corrected chi connectivity index (χ3v) is 2.58. The summed E-state index contributed by atoms with van der Waals surface area (Å²) in [6.07, 6.45) is 0. The zero-order chi connectivity index (χ0) is 11.6. The van der Waals surface area contributed by atoms with E-state index in [-0.39, 0.29) is 12.4 Å². The Bertz CT molecular complexity index is 406. The molecule has 84 valence electrons. The second-order valence-electron chi connectivity index (χ2n) is 3.78. The van der Waals surface area contributed by atoms with Gasteiger partial charge in [0, 0.05) is 0 Å². The van der Waals surface area contributed by atoms with Crippen LogP contribution in [0.3, 0.4) is 0 Å². The van der Waals surface area contributed by atoms with Crippen LogP contribution < -0.4 is 0 Å². The van der Waals surface area contributed by atoms with Crippen molar-refractivity contribution in [1.82, 2.24) is 0 Å². The minimum atomic E-state index is -0.871. The molecule has 1 aliphatic heterocycles. The molecule has 0 radical (unpaired) electrons. The van der Waals surface area contributed by atoms with E-state index in [4.69, 9.17) is 9.47 Å². The van der Waals surface area contributed by atoms with Crippen molar-refractivity contribution in [3.63, 3.8) is 0 Å². The average molecular weight is 220 g/mol. The first-order chi connectivity index (χ1) is 7.64. The molecule has 0 N–H and O–H groups in total. The minimum Gasteiger partial charge on any atom is -0.458 e. The largest absolute Gasteiger partial charge is 0.458 e. The van der Waals surface area contributed by atoms with Gasteiger partial charge >= 0.3 is 5.97 Å². The number of rotatable bonds is 4.